The lowest BCUT2D eigenvalue weighted by atomic mass is 9.94. The lowest BCUT2D eigenvalue weighted by molar-refractivity contribution is -0.137. The number of carboxylic acids is 1. The van der Waals surface area contributed by atoms with Crippen molar-refractivity contribution < 1.29 is 27.9 Å². The number of thioether (sulfide) groups is 1. The Morgan fingerprint density at radius 1 is 0.977 bits per heavy atom. The molecule has 0 bridgehead atoms. The second-order valence-corrected chi connectivity index (χ2v) is 14.9. The zero-order valence-corrected chi connectivity index (χ0v) is 27.6. The van der Waals surface area contributed by atoms with Crippen LogP contribution in [0, 0.1) is 6.92 Å². The topological polar surface area (TPSA) is 124 Å². The number of thiophene rings is 1. The first kappa shape index (κ1) is 35.0. The number of hydrogen-bond donors (Lipinski definition) is 2. The molecule has 0 aliphatic heterocycles. The number of nitrogens with two attached hydrogens (primary N) is 1. The second-order valence-electron chi connectivity index (χ2n) is 10.2. The number of aliphatic carboxylic acids is 1. The summed E-state index contributed by atoms with van der Waals surface area (Å²) >= 11 is 3.67. The molecule has 0 radical (unpaired) electrons. The van der Waals surface area contributed by atoms with E-state index in [0.717, 1.165) is 40.0 Å². The van der Waals surface area contributed by atoms with Crippen LogP contribution in [0.25, 0.3) is 21.6 Å². The molecule has 0 saturated carbocycles. The van der Waals surface area contributed by atoms with Crippen molar-refractivity contribution in [1.29, 1.82) is 0 Å². The van der Waals surface area contributed by atoms with Crippen LogP contribution in [0.1, 0.15) is 52.2 Å². The number of primary amides is 1. The van der Waals surface area contributed by atoms with Crippen molar-refractivity contribution in [3.63, 3.8) is 0 Å². The fraction of sp³-hybridized carbons (Fsp3) is 0.294. The van der Waals surface area contributed by atoms with Gasteiger partial charge in [-0.25, -0.2) is 8.42 Å². The van der Waals surface area contributed by atoms with E-state index in [1.807, 2.05) is 67.2 Å². The van der Waals surface area contributed by atoms with Gasteiger partial charge in [-0.1, -0.05) is 67.6 Å². The third-order valence-electron chi connectivity index (χ3n) is 6.62. The van der Waals surface area contributed by atoms with E-state index in [1.165, 1.54) is 15.3 Å². The highest BCUT2D eigenvalue weighted by atomic mass is 32.2. The standard InChI is InChI=1S/C29H29NO2S2.C5H10O4S/c1-3-33-19-26(28-16-15-27(34-28)22-10-5-4-6-11-22)32-18-21-13-14-24(29(30)31)25(17-21)23-12-8-7-9-20(23)2;1-10(8,9)4-2-3-5(6)7/h4-17,26H,3,18-19H2,1-2H3,(H2,30,31);2-4H2,1H3,(H,6,7). The monoisotopic (exact) mass is 653 g/mol. The molecule has 10 heteroatoms. The summed E-state index contributed by atoms with van der Waals surface area (Å²) in [4.78, 5) is 24.5. The molecule has 1 atom stereocenters. The molecule has 0 aliphatic rings. The molecule has 0 saturated heterocycles. The molecule has 0 fully saturated rings. The molecular weight excluding hydrogens is 615 g/mol. The van der Waals surface area contributed by atoms with Gasteiger partial charge in [0.15, 0.2) is 0 Å². The fourth-order valence-electron chi connectivity index (χ4n) is 4.40. The van der Waals surface area contributed by atoms with Crippen molar-refractivity contribution in [2.45, 2.75) is 39.4 Å². The maximum absolute atomic E-state index is 12.1. The molecule has 1 unspecified atom stereocenters. The minimum atomic E-state index is -2.98. The van der Waals surface area contributed by atoms with Crippen LogP contribution in [0.3, 0.4) is 0 Å². The minimum Gasteiger partial charge on any atom is -0.481 e. The Bertz CT molecular complexity index is 1630. The first-order valence-corrected chi connectivity index (χ1v) is 18.2. The van der Waals surface area contributed by atoms with E-state index in [2.05, 4.69) is 43.3 Å². The quantitative estimate of drug-likeness (QED) is 0.145. The molecule has 44 heavy (non-hydrogen) atoms. The van der Waals surface area contributed by atoms with Crippen LogP contribution >= 0.6 is 23.1 Å². The number of carboxylic acid groups (broad SMARTS) is 1. The van der Waals surface area contributed by atoms with E-state index in [4.69, 9.17) is 15.6 Å². The predicted molar refractivity (Wildman–Crippen MR) is 182 cm³/mol. The fourth-order valence-corrected chi connectivity index (χ4v) is 6.96. The van der Waals surface area contributed by atoms with Crippen LogP contribution in [-0.2, 0) is 26.0 Å². The average Bonchev–Trinajstić information content (AvgIpc) is 3.47. The van der Waals surface area contributed by atoms with Gasteiger partial charge < -0.3 is 15.6 Å². The summed E-state index contributed by atoms with van der Waals surface area (Å²) in [5.74, 6) is 0.523. The lowest BCUT2D eigenvalue weighted by Crippen LogP contribution is -2.13. The van der Waals surface area contributed by atoms with E-state index in [0.29, 0.717) is 12.2 Å². The number of benzene rings is 3. The van der Waals surface area contributed by atoms with Gasteiger partial charge >= 0.3 is 5.97 Å². The number of carbonyl (C=O) groups is 2. The highest BCUT2D eigenvalue weighted by molar-refractivity contribution is 7.99. The molecule has 1 aromatic heterocycles. The molecule has 4 aromatic rings. The van der Waals surface area contributed by atoms with Gasteiger partial charge in [0.05, 0.1) is 12.4 Å². The normalized spacial score (nSPS) is 11.8. The molecular formula is C34H39NO6S3. The van der Waals surface area contributed by atoms with Crippen molar-refractivity contribution in [3.05, 3.63) is 106 Å². The van der Waals surface area contributed by atoms with E-state index in [-0.39, 0.29) is 24.7 Å². The molecule has 4 rings (SSSR count). The summed E-state index contributed by atoms with van der Waals surface area (Å²) in [7, 11) is -2.98. The van der Waals surface area contributed by atoms with Gasteiger partial charge in [0.1, 0.15) is 15.9 Å². The third-order valence-corrected chi connectivity index (χ3v) is 9.82. The summed E-state index contributed by atoms with van der Waals surface area (Å²) in [6, 6.07) is 28.7. The molecule has 1 heterocycles. The van der Waals surface area contributed by atoms with Crippen LogP contribution in [0.2, 0.25) is 0 Å². The largest absolute Gasteiger partial charge is 0.481 e. The molecule has 0 spiro atoms. The summed E-state index contributed by atoms with van der Waals surface area (Å²) in [6.07, 6.45) is 1.22. The van der Waals surface area contributed by atoms with Crippen molar-refractivity contribution in [3.8, 4) is 21.6 Å². The second kappa shape index (κ2) is 17.2. The Hall–Kier alpha value is -3.44. The molecule has 1 amide bonds. The summed E-state index contributed by atoms with van der Waals surface area (Å²) in [5, 5.41) is 8.12. The van der Waals surface area contributed by atoms with Crippen LogP contribution in [0.15, 0.2) is 84.9 Å². The van der Waals surface area contributed by atoms with Gasteiger partial charge in [0.25, 0.3) is 0 Å². The first-order valence-electron chi connectivity index (χ1n) is 14.2. The molecule has 7 nitrogen and oxygen atoms in total. The zero-order chi connectivity index (χ0) is 32.1. The SMILES string of the molecule is CCSCC(OCc1ccc(C(N)=O)c(-c2ccccc2C)c1)c1ccc(-c2ccccc2)s1.CS(=O)(=O)CCCC(=O)O. The van der Waals surface area contributed by atoms with Gasteiger partial charge in [-0.2, -0.15) is 11.8 Å². The highest BCUT2D eigenvalue weighted by Crippen LogP contribution is 2.35. The Morgan fingerprint density at radius 2 is 1.68 bits per heavy atom. The smallest absolute Gasteiger partial charge is 0.303 e. The highest BCUT2D eigenvalue weighted by Gasteiger charge is 2.17. The van der Waals surface area contributed by atoms with E-state index in [9.17, 15) is 18.0 Å². The molecule has 3 N–H and O–H groups in total. The predicted octanol–water partition coefficient (Wildman–Crippen LogP) is 7.40. The molecule has 3 aromatic carbocycles. The summed E-state index contributed by atoms with van der Waals surface area (Å²) in [5.41, 5.74) is 11.4. The van der Waals surface area contributed by atoms with Gasteiger partial charge in [-0.3, -0.25) is 9.59 Å². The van der Waals surface area contributed by atoms with Gasteiger partial charge in [0, 0.05) is 33.7 Å². The van der Waals surface area contributed by atoms with E-state index >= 15 is 0 Å². The maximum Gasteiger partial charge on any atom is 0.303 e. The number of rotatable bonds is 14. The number of ether oxygens (including phenoxy) is 1. The Morgan fingerprint density at radius 3 is 2.32 bits per heavy atom. The number of carbonyl (C=O) groups excluding carboxylic acids is 1. The van der Waals surface area contributed by atoms with Gasteiger partial charge in [0.2, 0.25) is 5.91 Å². The van der Waals surface area contributed by atoms with Crippen LogP contribution < -0.4 is 5.73 Å². The number of aryl methyl sites for hydroxylation is 1. The van der Waals surface area contributed by atoms with Crippen molar-refractivity contribution in [2.24, 2.45) is 5.73 Å². The zero-order valence-electron chi connectivity index (χ0n) is 25.2. The summed E-state index contributed by atoms with van der Waals surface area (Å²) < 4.78 is 27.3. The summed E-state index contributed by atoms with van der Waals surface area (Å²) in [6.45, 7) is 4.68. The lowest BCUT2D eigenvalue weighted by Gasteiger charge is -2.17. The van der Waals surface area contributed by atoms with Gasteiger partial charge in [-0.15, -0.1) is 11.3 Å². The molecule has 234 valence electrons. The van der Waals surface area contributed by atoms with Crippen molar-refractivity contribution in [2.75, 3.05) is 23.5 Å². The van der Waals surface area contributed by atoms with Crippen molar-refractivity contribution in [1.82, 2.24) is 0 Å². The van der Waals surface area contributed by atoms with Gasteiger partial charge in [-0.05, 0) is 71.2 Å². The van der Waals surface area contributed by atoms with Crippen molar-refractivity contribution >= 4 is 44.8 Å². The number of sulfone groups is 1. The third kappa shape index (κ3) is 11.2. The Balaban J connectivity index is 0.000000456. The first-order chi connectivity index (χ1) is 21.0. The molecule has 0 aliphatic carbocycles. The number of amides is 1. The van der Waals surface area contributed by atoms with E-state index in [1.54, 1.807) is 11.3 Å². The van der Waals surface area contributed by atoms with Crippen LogP contribution in [-0.4, -0.2) is 48.9 Å². The minimum absolute atomic E-state index is 0.00476. The number of hydrogen-bond acceptors (Lipinski definition) is 7. The van der Waals surface area contributed by atoms with Crippen LogP contribution in [0.5, 0.6) is 0 Å². The average molecular weight is 654 g/mol. The Labute approximate surface area is 268 Å². The Kier molecular flexibility index (Phi) is 13.7. The van der Waals surface area contributed by atoms with E-state index < -0.39 is 21.7 Å². The maximum atomic E-state index is 12.1. The van der Waals surface area contributed by atoms with Crippen LogP contribution in [0.4, 0.5) is 0 Å².